The molecule has 3 rings (SSSR count). The molecule has 3 aromatic rings. The van der Waals surface area contributed by atoms with Gasteiger partial charge in [0.25, 0.3) is 0 Å². The quantitative estimate of drug-likeness (QED) is 0.680. The molecule has 2 aromatic carbocycles. The molecule has 146 valence electrons. The zero-order chi connectivity index (χ0) is 20.4. The van der Waals surface area contributed by atoms with Crippen molar-refractivity contribution in [1.82, 2.24) is 9.71 Å². The van der Waals surface area contributed by atoms with Crippen molar-refractivity contribution in [2.45, 2.75) is 24.0 Å². The standard InChI is InChI=1S/C20H17F3N2O2S/c1-14-10-11-16(13-17(14)20(21,22)23)28(26,27)25-19(15-7-3-2-4-8-15)18-9-5-6-12-24-18/h2-13,19,25H,1H3. The van der Waals surface area contributed by atoms with E-state index in [4.69, 9.17) is 0 Å². The van der Waals surface area contributed by atoms with Gasteiger partial charge in [-0.25, -0.2) is 8.42 Å². The molecule has 4 nitrogen and oxygen atoms in total. The number of rotatable bonds is 5. The summed E-state index contributed by atoms with van der Waals surface area (Å²) >= 11 is 0. The van der Waals surface area contributed by atoms with E-state index in [1.165, 1.54) is 13.1 Å². The molecular weight excluding hydrogens is 389 g/mol. The number of aryl methyl sites for hydroxylation is 1. The summed E-state index contributed by atoms with van der Waals surface area (Å²) in [5.41, 5.74) is 0.0219. The third-order valence-corrected chi connectivity index (χ3v) is 5.63. The molecule has 1 unspecified atom stereocenters. The van der Waals surface area contributed by atoms with E-state index in [-0.39, 0.29) is 5.56 Å². The van der Waals surface area contributed by atoms with Crippen LogP contribution in [0.3, 0.4) is 0 Å². The monoisotopic (exact) mass is 406 g/mol. The van der Waals surface area contributed by atoms with E-state index in [1.54, 1.807) is 48.5 Å². The highest BCUT2D eigenvalue weighted by Crippen LogP contribution is 2.33. The Balaban J connectivity index is 2.04. The van der Waals surface area contributed by atoms with Crippen molar-refractivity contribution in [2.24, 2.45) is 0 Å². The Morgan fingerprint density at radius 2 is 1.64 bits per heavy atom. The van der Waals surface area contributed by atoms with E-state index in [0.717, 1.165) is 12.1 Å². The number of nitrogens with one attached hydrogen (secondary N) is 1. The summed E-state index contributed by atoms with van der Waals surface area (Å²) in [6.45, 7) is 1.29. The van der Waals surface area contributed by atoms with Gasteiger partial charge in [-0.1, -0.05) is 42.5 Å². The maximum Gasteiger partial charge on any atom is 0.416 e. The molecule has 1 aromatic heterocycles. The highest BCUT2D eigenvalue weighted by molar-refractivity contribution is 7.89. The minimum Gasteiger partial charge on any atom is -0.259 e. The van der Waals surface area contributed by atoms with Crippen molar-refractivity contribution in [3.63, 3.8) is 0 Å². The van der Waals surface area contributed by atoms with E-state index in [0.29, 0.717) is 17.3 Å². The number of aromatic nitrogens is 1. The Bertz CT molecular complexity index is 1010. The molecule has 0 saturated heterocycles. The maximum absolute atomic E-state index is 13.2. The van der Waals surface area contributed by atoms with Crippen LogP contribution < -0.4 is 4.72 Å². The molecule has 0 radical (unpaired) electrons. The number of benzene rings is 2. The van der Waals surface area contributed by atoms with Crippen molar-refractivity contribution in [3.8, 4) is 0 Å². The Morgan fingerprint density at radius 1 is 0.964 bits per heavy atom. The lowest BCUT2D eigenvalue weighted by Gasteiger charge is -2.20. The fourth-order valence-corrected chi connectivity index (χ4v) is 4.01. The number of sulfonamides is 1. The first-order chi connectivity index (χ1) is 13.2. The van der Waals surface area contributed by atoms with Gasteiger partial charge in [-0.05, 0) is 42.3 Å². The van der Waals surface area contributed by atoms with E-state index in [2.05, 4.69) is 9.71 Å². The number of nitrogens with zero attached hydrogens (tertiary/aromatic N) is 1. The SMILES string of the molecule is Cc1ccc(S(=O)(=O)NC(c2ccccc2)c2ccccn2)cc1C(F)(F)F. The first-order valence-corrected chi connectivity index (χ1v) is 9.83. The number of halogens is 3. The van der Waals surface area contributed by atoms with Crippen LogP contribution in [0, 0.1) is 6.92 Å². The van der Waals surface area contributed by atoms with Gasteiger partial charge in [0.05, 0.1) is 22.2 Å². The van der Waals surface area contributed by atoms with Crippen molar-refractivity contribution >= 4 is 10.0 Å². The van der Waals surface area contributed by atoms with Crippen LogP contribution in [-0.4, -0.2) is 13.4 Å². The molecule has 1 atom stereocenters. The van der Waals surface area contributed by atoms with Crippen molar-refractivity contribution in [1.29, 1.82) is 0 Å². The van der Waals surface area contributed by atoms with Crippen LogP contribution in [0.1, 0.15) is 28.4 Å². The average Bonchev–Trinajstić information content (AvgIpc) is 2.67. The number of hydrogen-bond donors (Lipinski definition) is 1. The number of hydrogen-bond acceptors (Lipinski definition) is 3. The number of pyridine rings is 1. The molecule has 1 heterocycles. The second-order valence-electron chi connectivity index (χ2n) is 6.19. The highest BCUT2D eigenvalue weighted by Gasteiger charge is 2.34. The van der Waals surface area contributed by atoms with Crippen molar-refractivity contribution in [2.75, 3.05) is 0 Å². The van der Waals surface area contributed by atoms with Crippen LogP contribution in [0.15, 0.2) is 77.8 Å². The van der Waals surface area contributed by atoms with Gasteiger partial charge in [0.1, 0.15) is 0 Å². The fourth-order valence-electron chi connectivity index (χ4n) is 2.79. The van der Waals surface area contributed by atoms with E-state index in [1.807, 2.05) is 0 Å². The predicted octanol–water partition coefficient (Wildman–Crippen LogP) is 4.48. The lowest BCUT2D eigenvalue weighted by Crippen LogP contribution is -2.30. The van der Waals surface area contributed by atoms with Crippen LogP contribution in [0.5, 0.6) is 0 Å². The summed E-state index contributed by atoms with van der Waals surface area (Å²) in [5, 5.41) is 0. The third-order valence-electron chi connectivity index (χ3n) is 4.21. The molecular formula is C20H17F3N2O2S. The predicted molar refractivity (Wildman–Crippen MR) is 99.0 cm³/mol. The topological polar surface area (TPSA) is 59.1 Å². The van der Waals surface area contributed by atoms with Gasteiger partial charge in [0.15, 0.2) is 0 Å². The van der Waals surface area contributed by atoms with Gasteiger partial charge in [0, 0.05) is 6.20 Å². The lowest BCUT2D eigenvalue weighted by molar-refractivity contribution is -0.138. The van der Waals surface area contributed by atoms with Crippen LogP contribution in [0.4, 0.5) is 13.2 Å². The van der Waals surface area contributed by atoms with Gasteiger partial charge < -0.3 is 0 Å². The molecule has 0 aliphatic carbocycles. The van der Waals surface area contributed by atoms with Gasteiger partial charge in [-0.2, -0.15) is 17.9 Å². The zero-order valence-corrected chi connectivity index (χ0v) is 15.6. The molecule has 1 N–H and O–H groups in total. The molecule has 0 bridgehead atoms. The molecule has 0 fully saturated rings. The summed E-state index contributed by atoms with van der Waals surface area (Å²) < 4.78 is 67.8. The second-order valence-corrected chi connectivity index (χ2v) is 7.91. The molecule has 0 aliphatic rings. The Hall–Kier alpha value is -2.71. The molecule has 0 saturated carbocycles. The smallest absolute Gasteiger partial charge is 0.259 e. The van der Waals surface area contributed by atoms with Crippen molar-refractivity contribution in [3.05, 3.63) is 95.3 Å². The van der Waals surface area contributed by atoms with Gasteiger partial charge in [-0.15, -0.1) is 0 Å². The van der Waals surface area contributed by atoms with Crippen LogP contribution in [0.25, 0.3) is 0 Å². The summed E-state index contributed by atoms with van der Waals surface area (Å²) in [4.78, 5) is 3.74. The number of alkyl halides is 3. The molecule has 0 spiro atoms. The molecule has 0 amide bonds. The summed E-state index contributed by atoms with van der Waals surface area (Å²) in [7, 11) is -4.25. The van der Waals surface area contributed by atoms with Gasteiger partial charge in [-0.3, -0.25) is 4.98 Å². The Kier molecular flexibility index (Phi) is 5.53. The molecule has 0 aliphatic heterocycles. The normalized spacial score (nSPS) is 13.3. The van der Waals surface area contributed by atoms with Crippen LogP contribution >= 0.6 is 0 Å². The lowest BCUT2D eigenvalue weighted by atomic mass is 10.0. The summed E-state index contributed by atoms with van der Waals surface area (Å²) in [5.74, 6) is 0. The molecule has 28 heavy (non-hydrogen) atoms. The first kappa shape index (κ1) is 20.0. The zero-order valence-electron chi connectivity index (χ0n) is 14.8. The Labute approximate surface area is 161 Å². The first-order valence-electron chi connectivity index (χ1n) is 8.34. The average molecular weight is 406 g/mol. The Morgan fingerprint density at radius 3 is 2.25 bits per heavy atom. The largest absolute Gasteiger partial charge is 0.416 e. The van der Waals surface area contributed by atoms with E-state index >= 15 is 0 Å². The van der Waals surface area contributed by atoms with Crippen molar-refractivity contribution < 1.29 is 21.6 Å². The maximum atomic E-state index is 13.2. The van der Waals surface area contributed by atoms with Crippen LogP contribution in [0.2, 0.25) is 0 Å². The minimum atomic E-state index is -4.64. The summed E-state index contributed by atoms with van der Waals surface area (Å²) in [6.07, 6.45) is -3.12. The van der Waals surface area contributed by atoms with E-state index in [9.17, 15) is 21.6 Å². The molecule has 8 heteroatoms. The highest BCUT2D eigenvalue weighted by atomic mass is 32.2. The second kappa shape index (κ2) is 7.73. The summed E-state index contributed by atoms with van der Waals surface area (Å²) in [6, 6.07) is 15.9. The minimum absolute atomic E-state index is 0.0456. The van der Waals surface area contributed by atoms with Crippen LogP contribution in [-0.2, 0) is 16.2 Å². The van der Waals surface area contributed by atoms with Gasteiger partial charge in [0.2, 0.25) is 10.0 Å². The fraction of sp³-hybridized carbons (Fsp3) is 0.150. The van der Waals surface area contributed by atoms with Gasteiger partial charge >= 0.3 is 6.18 Å². The third kappa shape index (κ3) is 4.40. The van der Waals surface area contributed by atoms with E-state index < -0.39 is 32.7 Å².